The van der Waals surface area contributed by atoms with E-state index >= 15 is 0 Å². The highest BCUT2D eigenvalue weighted by molar-refractivity contribution is 6.03. The van der Waals surface area contributed by atoms with Crippen LogP contribution in [0.3, 0.4) is 0 Å². The lowest BCUT2D eigenvalue weighted by molar-refractivity contribution is -0.129. The number of carbonyl (C=O) groups excluding carboxylic acids is 2. The van der Waals surface area contributed by atoms with Gasteiger partial charge >= 0.3 is 0 Å². The number of piperidine rings is 1. The van der Waals surface area contributed by atoms with Crippen molar-refractivity contribution in [2.75, 3.05) is 38.7 Å². The molecule has 1 aromatic carbocycles. The third-order valence-electron chi connectivity index (χ3n) is 10.2. The second-order valence-electron chi connectivity index (χ2n) is 13.1. The Kier molecular flexibility index (Phi) is 8.14. The highest BCUT2D eigenvalue weighted by Gasteiger charge is 2.46. The molecular weight excluding hydrogens is 619 g/mol. The molecule has 1 saturated heterocycles. The van der Waals surface area contributed by atoms with Gasteiger partial charge in [-0.2, -0.15) is 9.50 Å². The van der Waals surface area contributed by atoms with Crippen LogP contribution in [0.2, 0.25) is 0 Å². The predicted octanol–water partition coefficient (Wildman–Crippen LogP) is 3.18. The third-order valence-corrected chi connectivity index (χ3v) is 10.2. The fourth-order valence-corrected chi connectivity index (χ4v) is 7.35. The molecule has 0 bridgehead atoms. The average Bonchev–Trinajstić information content (AvgIpc) is 3.74. The topological polar surface area (TPSA) is 167 Å². The van der Waals surface area contributed by atoms with Gasteiger partial charge in [0.15, 0.2) is 11.6 Å². The number of likely N-dealkylation sites (tertiary alicyclic amines) is 1. The summed E-state index contributed by atoms with van der Waals surface area (Å²) < 4.78 is 23.5. The van der Waals surface area contributed by atoms with E-state index in [1.807, 2.05) is 12.1 Å². The van der Waals surface area contributed by atoms with Crippen molar-refractivity contribution in [2.24, 2.45) is 0 Å². The van der Waals surface area contributed by atoms with Crippen LogP contribution in [0, 0.1) is 11.2 Å². The van der Waals surface area contributed by atoms with Crippen molar-refractivity contribution in [2.45, 2.75) is 69.7 Å². The number of halogens is 1. The molecule has 13 nitrogen and oxygen atoms in total. The zero-order chi connectivity index (χ0) is 33.7. The monoisotopic (exact) mass is 658 g/mol. The van der Waals surface area contributed by atoms with E-state index in [0.717, 1.165) is 24.0 Å². The smallest absolute Gasteiger partial charge is 0.279 e. The van der Waals surface area contributed by atoms with E-state index in [-0.39, 0.29) is 35.0 Å². The van der Waals surface area contributed by atoms with E-state index in [1.54, 1.807) is 15.5 Å². The van der Waals surface area contributed by atoms with Gasteiger partial charge in [-0.1, -0.05) is 12.1 Å². The number of anilines is 1. The molecule has 2 aromatic heterocycles. The summed E-state index contributed by atoms with van der Waals surface area (Å²) in [5.41, 5.74) is 2.12. The van der Waals surface area contributed by atoms with Crippen molar-refractivity contribution in [3.05, 3.63) is 74.5 Å². The maximum atomic E-state index is 15.0. The second kappa shape index (κ2) is 12.3. The van der Waals surface area contributed by atoms with Gasteiger partial charge in [-0.15, -0.1) is 5.10 Å². The minimum atomic E-state index is -0.562. The fraction of sp³-hybridized carbons (Fsp3) is 0.471. The van der Waals surface area contributed by atoms with Crippen LogP contribution in [0.1, 0.15) is 74.0 Å². The number of allylic oxidation sites excluding steroid dienone is 1. The van der Waals surface area contributed by atoms with Crippen molar-refractivity contribution < 1.29 is 23.8 Å². The molecule has 4 aliphatic rings. The lowest BCUT2D eigenvalue weighted by atomic mass is 9.74. The quantitative estimate of drug-likeness (QED) is 0.163. The van der Waals surface area contributed by atoms with Gasteiger partial charge in [-0.3, -0.25) is 14.4 Å². The molecule has 4 heterocycles. The van der Waals surface area contributed by atoms with Crippen LogP contribution in [0.25, 0.3) is 11.4 Å². The maximum absolute atomic E-state index is 15.0. The number of nitrogens with one attached hydrogen (secondary N) is 3. The number of rotatable bonds is 8. The van der Waals surface area contributed by atoms with Gasteiger partial charge in [0.1, 0.15) is 18.1 Å². The Hall–Kier alpha value is -4.85. The molecule has 0 unspecified atom stereocenters. The van der Waals surface area contributed by atoms with Gasteiger partial charge < -0.3 is 35.4 Å². The Morgan fingerprint density at radius 1 is 1.19 bits per heavy atom. The number of aromatic nitrogens is 4. The number of aliphatic hydroxyl groups excluding tert-OH is 1. The zero-order valence-electron chi connectivity index (χ0n) is 27.1. The highest BCUT2D eigenvalue weighted by atomic mass is 19.1. The van der Waals surface area contributed by atoms with Crippen molar-refractivity contribution in [1.82, 2.24) is 29.4 Å². The molecule has 48 heavy (non-hydrogen) atoms. The van der Waals surface area contributed by atoms with Crippen molar-refractivity contribution in [3.63, 3.8) is 0 Å². The predicted molar refractivity (Wildman–Crippen MR) is 176 cm³/mol. The molecule has 1 saturated carbocycles. The maximum Gasteiger partial charge on any atom is 0.279 e. The van der Waals surface area contributed by atoms with E-state index in [0.29, 0.717) is 81.4 Å². The molecule has 252 valence electrons. The molecule has 2 aliphatic carbocycles. The lowest BCUT2D eigenvalue weighted by Crippen LogP contribution is -2.48. The Morgan fingerprint density at radius 3 is 2.60 bits per heavy atom. The minimum absolute atomic E-state index is 0.0449. The molecular formula is C34H39FN8O5. The molecule has 7 rings (SSSR count). The number of hydrogen-bond donors (Lipinski definition) is 4. The molecule has 2 aliphatic heterocycles. The number of aliphatic hydroxyl groups is 1. The summed E-state index contributed by atoms with van der Waals surface area (Å²) >= 11 is 0. The molecule has 4 N–H and O–H groups in total. The van der Waals surface area contributed by atoms with E-state index in [9.17, 15) is 23.9 Å². The van der Waals surface area contributed by atoms with Gasteiger partial charge in [-0.25, -0.2) is 4.39 Å². The van der Waals surface area contributed by atoms with Crippen LogP contribution in [0.5, 0.6) is 0 Å². The number of benzene rings is 1. The van der Waals surface area contributed by atoms with Crippen LogP contribution >= 0.6 is 0 Å². The number of ether oxygens (including phenoxy) is 1. The Balaban J connectivity index is 1.23. The summed E-state index contributed by atoms with van der Waals surface area (Å²) in [5, 5.41) is 28.2. The summed E-state index contributed by atoms with van der Waals surface area (Å²) in [5.74, 6) is -0.736. The van der Waals surface area contributed by atoms with Crippen molar-refractivity contribution in [3.8, 4) is 0 Å². The SMILES string of the molecule is CN/C(C(=O)N1CCC2(CCc3c2c(=O)n2nc(C4=CCOCC4)nc2n3CC(=O)Nc2ccc(C3CC3)cc2F)CC1)=C(/O)C(C)=N. The number of amides is 2. The van der Waals surface area contributed by atoms with E-state index in [4.69, 9.17) is 15.1 Å². The van der Waals surface area contributed by atoms with Crippen molar-refractivity contribution >= 4 is 34.6 Å². The van der Waals surface area contributed by atoms with Gasteiger partial charge in [0.25, 0.3) is 11.5 Å². The first-order chi connectivity index (χ1) is 23.1. The number of likely N-dealkylation sites (N-methyl/N-ethyl adjacent to an activating group) is 1. The number of carbonyl (C=O) groups is 2. The number of fused-ring (bicyclic) bond motifs is 3. The Labute approximate surface area is 276 Å². The Bertz CT molecular complexity index is 1970. The Morgan fingerprint density at radius 2 is 1.96 bits per heavy atom. The molecule has 0 radical (unpaired) electrons. The largest absolute Gasteiger partial charge is 0.504 e. The molecule has 0 atom stereocenters. The molecule has 2 fully saturated rings. The molecule has 3 aromatic rings. The highest BCUT2D eigenvalue weighted by Crippen LogP contribution is 2.45. The summed E-state index contributed by atoms with van der Waals surface area (Å²) in [7, 11) is 1.52. The van der Waals surface area contributed by atoms with Crippen LogP contribution in [0.4, 0.5) is 10.1 Å². The molecule has 2 amide bonds. The van der Waals surface area contributed by atoms with Crippen molar-refractivity contribution in [1.29, 1.82) is 5.41 Å². The normalized spacial score (nSPS) is 19.1. The summed E-state index contributed by atoms with van der Waals surface area (Å²) in [4.78, 5) is 47.5. The fourth-order valence-electron chi connectivity index (χ4n) is 7.35. The summed E-state index contributed by atoms with van der Waals surface area (Å²) in [6.07, 6.45) is 6.70. The standard InChI is InChI=1S/C34H39FN8O5/c1-19(36)29(45)28(37-2)32(47)41-13-11-34(12-14-41)10-7-25-27(34)31(46)43-33(39-30(40-43)21-8-15-48-16-9-21)42(25)18-26(44)38-24-6-5-22(17-23(24)35)20-3-4-20/h5-6,8,17,20,36-37,45H,3-4,7,9-16,18H2,1-2H3,(H,38,44)/b29-28+,36-19?. The van der Waals surface area contributed by atoms with Gasteiger partial charge in [0.2, 0.25) is 11.7 Å². The second-order valence-corrected chi connectivity index (χ2v) is 13.1. The van der Waals surface area contributed by atoms with Gasteiger partial charge in [0, 0.05) is 36.8 Å². The van der Waals surface area contributed by atoms with E-state index < -0.39 is 28.8 Å². The summed E-state index contributed by atoms with van der Waals surface area (Å²) in [6, 6.07) is 4.93. The van der Waals surface area contributed by atoms with Crippen LogP contribution in [0.15, 0.2) is 40.5 Å². The van der Waals surface area contributed by atoms with Crippen LogP contribution < -0.4 is 16.2 Å². The first kappa shape index (κ1) is 31.7. The zero-order valence-corrected chi connectivity index (χ0v) is 27.1. The van der Waals surface area contributed by atoms with Crippen LogP contribution in [-0.4, -0.2) is 80.0 Å². The van der Waals surface area contributed by atoms with Crippen LogP contribution in [-0.2, 0) is 32.7 Å². The number of nitrogens with zero attached hydrogens (tertiary/aromatic N) is 5. The first-order valence-electron chi connectivity index (χ1n) is 16.5. The van der Waals surface area contributed by atoms with E-state index in [2.05, 4.69) is 15.7 Å². The van der Waals surface area contributed by atoms with Gasteiger partial charge in [0.05, 0.1) is 24.6 Å². The average molecular weight is 659 g/mol. The summed E-state index contributed by atoms with van der Waals surface area (Å²) in [6.45, 7) is 2.79. The molecule has 14 heteroatoms. The number of hydrogen-bond acceptors (Lipinski definition) is 9. The minimum Gasteiger partial charge on any atom is -0.504 e. The first-order valence-corrected chi connectivity index (χ1v) is 16.5. The molecule has 1 spiro atoms. The lowest BCUT2D eigenvalue weighted by Gasteiger charge is -2.39. The van der Waals surface area contributed by atoms with E-state index in [1.165, 1.54) is 24.6 Å². The third kappa shape index (κ3) is 5.57. The van der Waals surface area contributed by atoms with Gasteiger partial charge in [-0.05, 0) is 81.1 Å².